The molecule has 0 atom stereocenters. The van der Waals surface area contributed by atoms with Crippen molar-refractivity contribution in [2.24, 2.45) is 5.92 Å². The minimum Gasteiger partial charge on any atom is -0.302 e. The monoisotopic (exact) mass is 383 g/mol. The van der Waals surface area contributed by atoms with Gasteiger partial charge in [0.2, 0.25) is 5.91 Å². The molecule has 1 fully saturated rings. The third-order valence-electron chi connectivity index (χ3n) is 3.62. The maximum atomic E-state index is 12.0. The summed E-state index contributed by atoms with van der Waals surface area (Å²) >= 11 is 8.34. The van der Waals surface area contributed by atoms with Gasteiger partial charge in [-0.15, -0.1) is 0 Å². The Morgan fingerprint density at radius 1 is 1.09 bits per heavy atom. The van der Waals surface area contributed by atoms with Gasteiger partial charge in [0.15, 0.2) is 5.11 Å². The second kappa shape index (κ2) is 8.24. The number of carbonyl (C=O) groups excluding carboxylic acids is 2. The Bertz CT molecular complexity index is 574. The minimum absolute atomic E-state index is 0.0208. The molecule has 0 aromatic heterocycles. The van der Waals surface area contributed by atoms with Crippen LogP contribution < -0.4 is 16.2 Å². The zero-order valence-corrected chi connectivity index (χ0v) is 14.4. The summed E-state index contributed by atoms with van der Waals surface area (Å²) in [5.41, 5.74) is 5.51. The number of carbonyl (C=O) groups is 2. The summed E-state index contributed by atoms with van der Waals surface area (Å²) in [6, 6.07) is 7.05. The highest BCUT2D eigenvalue weighted by Crippen LogP contribution is 2.23. The standard InChI is InChI=1S/C15H18BrN3O2S/c16-12-9-5-4-8-11(12)14(21)18-19-15(22)17-13(20)10-6-2-1-3-7-10/h4-5,8-10H,1-3,6-7H2,(H,18,21)(H2,17,19,20,22). The summed E-state index contributed by atoms with van der Waals surface area (Å²) in [5, 5.41) is 2.73. The SMILES string of the molecule is O=C(NNC(=S)NC(=O)C1CCCCC1)c1ccccc1Br. The van der Waals surface area contributed by atoms with Crippen molar-refractivity contribution in [1.82, 2.24) is 16.2 Å². The molecule has 5 nitrogen and oxygen atoms in total. The Kier molecular flexibility index (Phi) is 6.33. The molecule has 1 aliphatic rings. The van der Waals surface area contributed by atoms with E-state index in [0.717, 1.165) is 25.7 Å². The van der Waals surface area contributed by atoms with Crippen LogP contribution in [0.25, 0.3) is 0 Å². The molecular weight excluding hydrogens is 366 g/mol. The van der Waals surface area contributed by atoms with E-state index in [1.54, 1.807) is 18.2 Å². The first-order chi connectivity index (χ1) is 10.6. The van der Waals surface area contributed by atoms with Crippen LogP contribution in [0.1, 0.15) is 42.5 Å². The van der Waals surface area contributed by atoms with Crippen molar-refractivity contribution in [1.29, 1.82) is 0 Å². The van der Waals surface area contributed by atoms with Gasteiger partial charge in [-0.1, -0.05) is 31.4 Å². The van der Waals surface area contributed by atoms with E-state index in [4.69, 9.17) is 12.2 Å². The normalized spacial score (nSPS) is 15.0. The topological polar surface area (TPSA) is 70.2 Å². The Hall–Kier alpha value is -1.47. The number of thiocarbonyl (C=S) groups is 1. The number of hydrogen-bond donors (Lipinski definition) is 3. The third-order valence-corrected chi connectivity index (χ3v) is 4.52. The second-order valence-electron chi connectivity index (χ2n) is 5.21. The predicted octanol–water partition coefficient (Wildman–Crippen LogP) is 2.66. The van der Waals surface area contributed by atoms with Crippen LogP contribution in [0.5, 0.6) is 0 Å². The fraction of sp³-hybridized carbons (Fsp3) is 0.400. The van der Waals surface area contributed by atoms with Crippen molar-refractivity contribution in [3.05, 3.63) is 34.3 Å². The fourth-order valence-corrected chi connectivity index (χ4v) is 3.05. The Morgan fingerprint density at radius 2 is 1.77 bits per heavy atom. The van der Waals surface area contributed by atoms with Crippen molar-refractivity contribution in [3.8, 4) is 0 Å². The first-order valence-corrected chi connectivity index (χ1v) is 8.44. The summed E-state index contributed by atoms with van der Waals surface area (Å²) in [7, 11) is 0. The lowest BCUT2D eigenvalue weighted by molar-refractivity contribution is -0.124. The molecule has 1 aromatic carbocycles. The van der Waals surface area contributed by atoms with E-state index in [-0.39, 0.29) is 22.8 Å². The van der Waals surface area contributed by atoms with Gasteiger partial charge < -0.3 is 5.32 Å². The first-order valence-electron chi connectivity index (χ1n) is 7.23. The number of benzene rings is 1. The van der Waals surface area contributed by atoms with Crippen molar-refractivity contribution in [2.75, 3.05) is 0 Å². The van der Waals surface area contributed by atoms with Crippen LogP contribution in [0.3, 0.4) is 0 Å². The molecular formula is C15H18BrN3O2S. The largest absolute Gasteiger partial charge is 0.302 e. The van der Waals surface area contributed by atoms with Crippen molar-refractivity contribution >= 4 is 45.1 Å². The number of amides is 2. The molecule has 0 unspecified atom stereocenters. The summed E-state index contributed by atoms with van der Waals surface area (Å²) < 4.78 is 0.687. The quantitative estimate of drug-likeness (QED) is 0.542. The molecule has 3 N–H and O–H groups in total. The second-order valence-corrected chi connectivity index (χ2v) is 6.47. The van der Waals surface area contributed by atoms with E-state index in [1.165, 1.54) is 6.42 Å². The Balaban J connectivity index is 1.79. The van der Waals surface area contributed by atoms with E-state index >= 15 is 0 Å². The molecule has 118 valence electrons. The van der Waals surface area contributed by atoms with Crippen molar-refractivity contribution in [2.45, 2.75) is 32.1 Å². The lowest BCUT2D eigenvalue weighted by Crippen LogP contribution is -2.49. The molecule has 0 aliphatic heterocycles. The highest BCUT2D eigenvalue weighted by molar-refractivity contribution is 9.10. The third kappa shape index (κ3) is 4.78. The Labute approximate surface area is 143 Å². The van der Waals surface area contributed by atoms with E-state index in [1.807, 2.05) is 6.07 Å². The van der Waals surface area contributed by atoms with Gasteiger partial charge in [-0.3, -0.25) is 20.4 Å². The summed E-state index contributed by atoms with van der Waals surface area (Å²) in [6.07, 6.45) is 5.15. The Morgan fingerprint density at radius 3 is 2.45 bits per heavy atom. The number of hydrazine groups is 1. The van der Waals surface area contributed by atoms with Crippen LogP contribution in [0, 0.1) is 5.92 Å². The highest BCUT2D eigenvalue weighted by atomic mass is 79.9. The summed E-state index contributed by atoms with van der Waals surface area (Å²) in [4.78, 5) is 24.0. The van der Waals surface area contributed by atoms with E-state index in [2.05, 4.69) is 32.1 Å². The molecule has 1 saturated carbocycles. The van der Waals surface area contributed by atoms with Crippen LogP contribution in [-0.2, 0) is 4.79 Å². The fourth-order valence-electron chi connectivity index (χ4n) is 2.44. The van der Waals surface area contributed by atoms with Crippen molar-refractivity contribution in [3.63, 3.8) is 0 Å². The van der Waals surface area contributed by atoms with Gasteiger partial charge in [-0.2, -0.15) is 0 Å². The van der Waals surface area contributed by atoms with E-state index < -0.39 is 0 Å². The molecule has 2 amide bonds. The zero-order valence-electron chi connectivity index (χ0n) is 12.0. The van der Waals surface area contributed by atoms with Crippen LogP contribution in [0.2, 0.25) is 0 Å². The molecule has 0 bridgehead atoms. The number of halogens is 1. The number of nitrogens with one attached hydrogen (secondary N) is 3. The molecule has 0 spiro atoms. The molecule has 1 aromatic rings. The molecule has 0 heterocycles. The minimum atomic E-state index is -0.332. The van der Waals surface area contributed by atoms with E-state index in [0.29, 0.717) is 10.0 Å². The van der Waals surface area contributed by atoms with Gasteiger partial charge in [0.25, 0.3) is 5.91 Å². The molecule has 7 heteroatoms. The maximum absolute atomic E-state index is 12.0. The smallest absolute Gasteiger partial charge is 0.270 e. The number of hydrogen-bond acceptors (Lipinski definition) is 3. The van der Waals surface area contributed by atoms with Crippen molar-refractivity contribution < 1.29 is 9.59 Å². The number of rotatable bonds is 2. The highest BCUT2D eigenvalue weighted by Gasteiger charge is 2.21. The molecule has 1 aliphatic carbocycles. The average Bonchev–Trinajstić information content (AvgIpc) is 2.54. The lowest BCUT2D eigenvalue weighted by Gasteiger charge is -2.21. The summed E-state index contributed by atoms with van der Waals surface area (Å²) in [5.74, 6) is -0.387. The molecule has 22 heavy (non-hydrogen) atoms. The van der Waals surface area contributed by atoms with Crippen LogP contribution in [0.4, 0.5) is 0 Å². The van der Waals surface area contributed by atoms with Crippen LogP contribution in [0.15, 0.2) is 28.7 Å². The van der Waals surface area contributed by atoms with Gasteiger partial charge in [-0.25, -0.2) is 0 Å². The molecule has 0 radical (unpaired) electrons. The van der Waals surface area contributed by atoms with Gasteiger partial charge in [0.1, 0.15) is 0 Å². The van der Waals surface area contributed by atoms with Gasteiger partial charge in [-0.05, 0) is 53.1 Å². The average molecular weight is 384 g/mol. The van der Waals surface area contributed by atoms with Gasteiger partial charge in [0, 0.05) is 10.4 Å². The summed E-state index contributed by atoms with van der Waals surface area (Å²) in [6.45, 7) is 0. The van der Waals surface area contributed by atoms with Gasteiger partial charge in [0.05, 0.1) is 5.56 Å². The van der Waals surface area contributed by atoms with Crippen LogP contribution in [-0.4, -0.2) is 16.9 Å². The lowest BCUT2D eigenvalue weighted by atomic mass is 9.89. The zero-order chi connectivity index (χ0) is 15.9. The maximum Gasteiger partial charge on any atom is 0.270 e. The molecule has 2 rings (SSSR count). The van der Waals surface area contributed by atoms with Crippen LogP contribution >= 0.6 is 28.1 Å². The molecule has 0 saturated heterocycles. The van der Waals surface area contributed by atoms with E-state index in [9.17, 15) is 9.59 Å². The first kappa shape index (κ1) is 16.9. The van der Waals surface area contributed by atoms with Gasteiger partial charge >= 0.3 is 0 Å². The predicted molar refractivity (Wildman–Crippen MR) is 92.1 cm³/mol.